The van der Waals surface area contributed by atoms with E-state index in [1.165, 1.54) is 17.4 Å². The van der Waals surface area contributed by atoms with Gasteiger partial charge in [0, 0.05) is 18.6 Å². The number of hydrogen-bond donors (Lipinski definition) is 0. The molecule has 0 saturated carbocycles. The van der Waals surface area contributed by atoms with Gasteiger partial charge in [0.15, 0.2) is 5.78 Å². The third-order valence-corrected chi connectivity index (χ3v) is 4.20. The van der Waals surface area contributed by atoms with E-state index in [1.807, 2.05) is 42.6 Å². The van der Waals surface area contributed by atoms with Crippen LogP contribution in [0.25, 0.3) is 6.08 Å². The first-order valence-electron chi connectivity index (χ1n) is 7.47. The summed E-state index contributed by atoms with van der Waals surface area (Å²) in [7, 11) is 1.80. The molecule has 24 heavy (non-hydrogen) atoms. The van der Waals surface area contributed by atoms with Crippen molar-refractivity contribution in [3.8, 4) is 5.75 Å². The average Bonchev–Trinajstić information content (AvgIpc) is 3.17. The largest absolute Gasteiger partial charge is 0.486 e. The third kappa shape index (κ3) is 3.97. The van der Waals surface area contributed by atoms with Gasteiger partial charge in [0.2, 0.25) is 0 Å². The third-order valence-electron chi connectivity index (χ3n) is 3.36. The summed E-state index contributed by atoms with van der Waals surface area (Å²) < 4.78 is 7.30. The van der Waals surface area contributed by atoms with Crippen LogP contribution in [0, 0.1) is 6.92 Å². The van der Waals surface area contributed by atoms with Crippen LogP contribution in [-0.2, 0) is 13.7 Å². The Labute approximate surface area is 144 Å². The molecule has 3 aromatic rings. The van der Waals surface area contributed by atoms with Gasteiger partial charge in [-0.05, 0) is 31.2 Å². The van der Waals surface area contributed by atoms with Crippen molar-refractivity contribution in [2.24, 2.45) is 7.05 Å². The summed E-state index contributed by atoms with van der Waals surface area (Å²) in [6.07, 6.45) is 4.97. The van der Waals surface area contributed by atoms with Gasteiger partial charge in [-0.15, -0.1) is 11.3 Å². The lowest BCUT2D eigenvalue weighted by Gasteiger charge is -2.02. The van der Waals surface area contributed by atoms with E-state index >= 15 is 0 Å². The van der Waals surface area contributed by atoms with Crippen molar-refractivity contribution in [2.45, 2.75) is 13.5 Å². The number of nitrogens with zero attached hydrogens (tertiary/aromatic N) is 3. The van der Waals surface area contributed by atoms with Crippen molar-refractivity contribution in [3.05, 3.63) is 69.9 Å². The Bertz CT molecular complexity index is 866. The average molecular weight is 339 g/mol. The Morgan fingerprint density at radius 3 is 2.83 bits per heavy atom. The number of allylic oxidation sites excluding steroid dienone is 1. The molecule has 3 rings (SSSR count). The molecule has 122 valence electrons. The maximum Gasteiger partial charge on any atom is 0.189 e. The van der Waals surface area contributed by atoms with Crippen LogP contribution in [0.4, 0.5) is 0 Å². The van der Waals surface area contributed by atoms with E-state index in [4.69, 9.17) is 4.74 Å². The van der Waals surface area contributed by atoms with E-state index in [1.54, 1.807) is 24.0 Å². The maximum absolute atomic E-state index is 12.2. The fourth-order valence-corrected chi connectivity index (χ4v) is 2.90. The summed E-state index contributed by atoms with van der Waals surface area (Å²) >= 11 is 1.51. The lowest BCUT2D eigenvalue weighted by atomic mass is 10.1. The Morgan fingerprint density at radius 1 is 1.33 bits per heavy atom. The van der Waals surface area contributed by atoms with E-state index in [-0.39, 0.29) is 5.78 Å². The van der Waals surface area contributed by atoms with Crippen LogP contribution >= 0.6 is 11.3 Å². The summed E-state index contributed by atoms with van der Waals surface area (Å²) in [5.41, 5.74) is 2.08. The first-order valence-corrected chi connectivity index (χ1v) is 8.34. The smallest absolute Gasteiger partial charge is 0.189 e. The zero-order valence-electron chi connectivity index (χ0n) is 13.5. The van der Waals surface area contributed by atoms with E-state index < -0.39 is 0 Å². The minimum Gasteiger partial charge on any atom is -0.486 e. The molecule has 1 aromatic carbocycles. The van der Waals surface area contributed by atoms with Gasteiger partial charge in [0.25, 0.3) is 0 Å². The molecular weight excluding hydrogens is 322 g/mol. The minimum atomic E-state index is -0.0734. The van der Waals surface area contributed by atoms with Crippen molar-refractivity contribution in [3.63, 3.8) is 0 Å². The number of carbonyl (C=O) groups is 1. The predicted octanol–water partition coefficient (Wildman–Crippen LogP) is 3.66. The Hall–Kier alpha value is -2.73. The van der Waals surface area contributed by atoms with Crippen molar-refractivity contribution in [1.82, 2.24) is 14.8 Å². The van der Waals surface area contributed by atoms with Gasteiger partial charge in [-0.3, -0.25) is 9.48 Å². The number of para-hydroxylation sites is 1. The molecule has 6 heteroatoms. The molecule has 0 amide bonds. The highest BCUT2D eigenvalue weighted by Gasteiger charge is 2.09. The van der Waals surface area contributed by atoms with Gasteiger partial charge in [0.1, 0.15) is 17.4 Å². The number of ether oxygens (including phenoxy) is 1. The fourth-order valence-electron chi connectivity index (χ4n) is 2.22. The quantitative estimate of drug-likeness (QED) is 0.508. The summed E-state index contributed by atoms with van der Waals surface area (Å²) in [5.74, 6) is 0.739. The molecule has 2 heterocycles. The summed E-state index contributed by atoms with van der Waals surface area (Å²) in [5, 5.41) is 6.95. The zero-order valence-corrected chi connectivity index (χ0v) is 14.3. The van der Waals surface area contributed by atoms with Crippen LogP contribution in [0.1, 0.15) is 26.8 Å². The predicted molar refractivity (Wildman–Crippen MR) is 94.2 cm³/mol. The van der Waals surface area contributed by atoms with Gasteiger partial charge >= 0.3 is 0 Å². The summed E-state index contributed by atoms with van der Waals surface area (Å²) in [6.45, 7) is 2.24. The molecule has 0 fully saturated rings. The Balaban J connectivity index is 1.61. The van der Waals surface area contributed by atoms with Gasteiger partial charge in [-0.1, -0.05) is 18.2 Å². The molecule has 0 spiro atoms. The first-order chi connectivity index (χ1) is 11.6. The fraction of sp³-hybridized carbons (Fsp3) is 0.167. The summed E-state index contributed by atoms with van der Waals surface area (Å²) in [6, 6.07) is 9.61. The second kappa shape index (κ2) is 7.23. The number of carbonyl (C=O) groups excluding carboxylic acids is 1. The molecule has 0 aliphatic heterocycles. The van der Waals surface area contributed by atoms with Gasteiger partial charge in [-0.25, -0.2) is 4.98 Å². The second-order valence-electron chi connectivity index (χ2n) is 5.27. The highest BCUT2D eigenvalue weighted by Crippen LogP contribution is 2.16. The molecular formula is C18H17N3O2S. The molecule has 0 aliphatic carbocycles. The first kappa shape index (κ1) is 16.1. The number of thiazole rings is 1. The summed E-state index contributed by atoms with van der Waals surface area (Å²) in [4.78, 5) is 16.6. The number of rotatable bonds is 6. The lowest BCUT2D eigenvalue weighted by Crippen LogP contribution is -1.95. The van der Waals surface area contributed by atoms with Crippen LogP contribution in [0.15, 0.2) is 48.0 Å². The van der Waals surface area contributed by atoms with E-state index in [9.17, 15) is 4.79 Å². The molecule has 0 saturated heterocycles. The molecule has 2 aromatic heterocycles. The molecule has 0 aliphatic rings. The van der Waals surface area contributed by atoms with Crippen molar-refractivity contribution in [2.75, 3.05) is 0 Å². The van der Waals surface area contributed by atoms with Crippen LogP contribution < -0.4 is 4.74 Å². The number of ketones is 1. The maximum atomic E-state index is 12.2. The number of aryl methyl sites for hydroxylation is 2. The van der Waals surface area contributed by atoms with Gasteiger partial charge in [0.05, 0.1) is 17.0 Å². The van der Waals surface area contributed by atoms with Crippen molar-refractivity contribution in [1.29, 1.82) is 0 Å². The van der Waals surface area contributed by atoms with Gasteiger partial charge in [-0.2, -0.15) is 5.10 Å². The van der Waals surface area contributed by atoms with Crippen molar-refractivity contribution < 1.29 is 9.53 Å². The van der Waals surface area contributed by atoms with E-state index in [0.29, 0.717) is 12.2 Å². The molecule has 0 radical (unpaired) electrons. The molecule has 0 atom stereocenters. The lowest BCUT2D eigenvalue weighted by molar-refractivity contribution is 0.104. The van der Waals surface area contributed by atoms with Crippen LogP contribution in [0.2, 0.25) is 0 Å². The monoisotopic (exact) mass is 339 g/mol. The normalized spacial score (nSPS) is 11.1. The number of benzene rings is 1. The number of aromatic nitrogens is 3. The molecule has 5 nitrogen and oxygen atoms in total. The Morgan fingerprint density at radius 2 is 2.12 bits per heavy atom. The van der Waals surface area contributed by atoms with E-state index in [0.717, 1.165) is 22.1 Å². The number of hydrogen-bond acceptors (Lipinski definition) is 5. The molecule has 0 unspecified atom stereocenters. The van der Waals surface area contributed by atoms with E-state index in [2.05, 4.69) is 10.1 Å². The van der Waals surface area contributed by atoms with Gasteiger partial charge < -0.3 is 4.74 Å². The highest BCUT2D eigenvalue weighted by atomic mass is 32.1. The zero-order chi connectivity index (χ0) is 16.9. The van der Waals surface area contributed by atoms with Crippen LogP contribution in [0.5, 0.6) is 5.75 Å². The SMILES string of the molecule is Cc1nn(C)cc1C(=O)/C=C/c1csc(COc2ccccc2)n1. The highest BCUT2D eigenvalue weighted by molar-refractivity contribution is 7.09. The molecule has 0 bridgehead atoms. The second-order valence-corrected chi connectivity index (χ2v) is 6.21. The minimum absolute atomic E-state index is 0.0734. The topological polar surface area (TPSA) is 57.0 Å². The Kier molecular flexibility index (Phi) is 4.86. The molecule has 0 N–H and O–H groups in total. The standard InChI is InChI=1S/C18H17N3O2S/c1-13-16(10-21(2)20-13)17(22)9-8-14-12-24-18(19-14)11-23-15-6-4-3-5-7-15/h3-10,12H,11H2,1-2H3/b9-8+. The van der Waals surface area contributed by atoms with Crippen LogP contribution in [-0.4, -0.2) is 20.5 Å². The van der Waals surface area contributed by atoms with Crippen molar-refractivity contribution >= 4 is 23.2 Å². The van der Waals surface area contributed by atoms with Crippen LogP contribution in [0.3, 0.4) is 0 Å².